The van der Waals surface area contributed by atoms with Gasteiger partial charge in [-0.15, -0.1) is 6.58 Å². The van der Waals surface area contributed by atoms with E-state index < -0.39 is 0 Å². The molecule has 3 nitrogen and oxygen atoms in total. The number of aromatic nitrogens is 1. The number of nitrogens with zero attached hydrogens (tertiary/aromatic N) is 1. The van der Waals surface area contributed by atoms with Crippen molar-refractivity contribution in [3.63, 3.8) is 0 Å². The van der Waals surface area contributed by atoms with Crippen molar-refractivity contribution >= 4 is 65.9 Å². The molecular formula is C41H30N2O. The SMILES string of the molecule is C=CC1C(/C=C\C)c2c(c3[nH]c4ccccc4c3c3ccccc23)N1c1cc(-c2ccccc2)c2oc3ccccc3c2c1. The van der Waals surface area contributed by atoms with Gasteiger partial charge in [-0.1, -0.05) is 109 Å². The molecule has 3 heterocycles. The summed E-state index contributed by atoms with van der Waals surface area (Å²) in [6, 6.07) is 41.1. The van der Waals surface area contributed by atoms with E-state index in [9.17, 15) is 0 Å². The molecule has 0 saturated carbocycles. The Morgan fingerprint density at radius 3 is 2.25 bits per heavy atom. The molecule has 44 heavy (non-hydrogen) atoms. The number of H-pyrrole nitrogens is 1. The molecule has 9 rings (SSSR count). The molecule has 2 aromatic heterocycles. The van der Waals surface area contributed by atoms with Crippen LogP contribution < -0.4 is 4.90 Å². The van der Waals surface area contributed by atoms with Crippen LogP contribution in [0, 0.1) is 0 Å². The number of benzene rings is 6. The van der Waals surface area contributed by atoms with Gasteiger partial charge in [-0.3, -0.25) is 0 Å². The van der Waals surface area contributed by atoms with Gasteiger partial charge in [0.2, 0.25) is 0 Å². The quantitative estimate of drug-likeness (QED) is 0.215. The number of nitrogens with one attached hydrogen (secondary N) is 1. The molecule has 8 aromatic rings. The normalized spacial score (nSPS) is 16.7. The number of allylic oxidation sites excluding steroid dienone is 1. The van der Waals surface area contributed by atoms with Gasteiger partial charge in [0.25, 0.3) is 0 Å². The molecule has 0 fully saturated rings. The maximum absolute atomic E-state index is 6.55. The molecular weight excluding hydrogens is 536 g/mol. The molecule has 1 aliphatic heterocycles. The minimum Gasteiger partial charge on any atom is -0.455 e. The van der Waals surface area contributed by atoms with E-state index in [2.05, 4.69) is 151 Å². The number of hydrogen-bond donors (Lipinski definition) is 1. The highest BCUT2D eigenvalue weighted by molar-refractivity contribution is 6.26. The highest BCUT2D eigenvalue weighted by atomic mass is 16.3. The third-order valence-corrected chi connectivity index (χ3v) is 9.39. The fourth-order valence-corrected chi connectivity index (χ4v) is 7.62. The maximum Gasteiger partial charge on any atom is 0.143 e. The van der Waals surface area contributed by atoms with Gasteiger partial charge in [0.1, 0.15) is 11.2 Å². The van der Waals surface area contributed by atoms with E-state index in [4.69, 9.17) is 4.42 Å². The average Bonchev–Trinajstić information content (AvgIpc) is 3.75. The van der Waals surface area contributed by atoms with Gasteiger partial charge in [-0.05, 0) is 53.1 Å². The zero-order valence-corrected chi connectivity index (χ0v) is 24.4. The van der Waals surface area contributed by atoms with Crippen molar-refractivity contribution in [1.29, 1.82) is 0 Å². The molecule has 0 amide bonds. The highest BCUT2D eigenvalue weighted by Crippen LogP contribution is 2.55. The highest BCUT2D eigenvalue weighted by Gasteiger charge is 2.40. The molecule has 2 atom stereocenters. The van der Waals surface area contributed by atoms with Crippen molar-refractivity contribution in [2.24, 2.45) is 0 Å². The third kappa shape index (κ3) is 3.38. The molecule has 6 aromatic carbocycles. The first-order valence-corrected chi connectivity index (χ1v) is 15.3. The minimum absolute atomic E-state index is 0.0147. The maximum atomic E-state index is 6.55. The number of rotatable bonds is 4. The number of fused-ring (bicyclic) bond motifs is 11. The largest absolute Gasteiger partial charge is 0.455 e. The number of furan rings is 1. The first-order valence-electron chi connectivity index (χ1n) is 15.3. The zero-order chi connectivity index (χ0) is 29.4. The first kappa shape index (κ1) is 25.0. The average molecular weight is 567 g/mol. The fourth-order valence-electron chi connectivity index (χ4n) is 7.62. The molecule has 210 valence electrons. The number of hydrogen-bond acceptors (Lipinski definition) is 2. The van der Waals surface area contributed by atoms with Crippen molar-refractivity contribution in [3.05, 3.63) is 146 Å². The molecule has 0 aliphatic carbocycles. The summed E-state index contributed by atoms with van der Waals surface area (Å²) in [5, 5.41) is 7.31. The monoisotopic (exact) mass is 566 g/mol. The van der Waals surface area contributed by atoms with Crippen molar-refractivity contribution in [2.75, 3.05) is 4.90 Å². The summed E-state index contributed by atoms with van der Waals surface area (Å²) < 4.78 is 6.55. The number of para-hydroxylation sites is 2. The molecule has 0 radical (unpaired) electrons. The van der Waals surface area contributed by atoms with Crippen LogP contribution in [0.25, 0.3) is 65.6 Å². The number of aromatic amines is 1. The van der Waals surface area contributed by atoms with E-state index in [0.717, 1.165) is 49.8 Å². The molecule has 1 aliphatic rings. The predicted molar refractivity (Wildman–Crippen MR) is 186 cm³/mol. The van der Waals surface area contributed by atoms with Crippen molar-refractivity contribution in [3.8, 4) is 11.1 Å². The lowest BCUT2D eigenvalue weighted by Crippen LogP contribution is -2.27. The zero-order valence-electron chi connectivity index (χ0n) is 24.4. The Balaban J connectivity index is 1.45. The van der Waals surface area contributed by atoms with Crippen LogP contribution in [-0.2, 0) is 0 Å². The van der Waals surface area contributed by atoms with Gasteiger partial charge in [0, 0.05) is 44.2 Å². The smallest absolute Gasteiger partial charge is 0.143 e. The third-order valence-electron chi connectivity index (χ3n) is 9.39. The van der Waals surface area contributed by atoms with Crippen LogP contribution in [0.1, 0.15) is 18.4 Å². The molecule has 3 heteroatoms. The standard InChI is InChI=1S/C41H30N2O/c1-3-14-31-35(4-2)43(40-38(31)29-19-9-8-18-28(29)37-30-20-10-12-21-34(30)42-39(37)40)26-23-32(25-15-6-5-7-16-25)41-33(24-26)27-17-11-13-22-36(27)44-41/h3-24,31,35,42H,2H2,1H3/b14-3-. The summed E-state index contributed by atoms with van der Waals surface area (Å²) in [4.78, 5) is 6.39. The Morgan fingerprint density at radius 2 is 1.45 bits per heavy atom. The van der Waals surface area contributed by atoms with Crippen molar-refractivity contribution < 1.29 is 4.42 Å². The van der Waals surface area contributed by atoms with Gasteiger partial charge < -0.3 is 14.3 Å². The Hall–Kier alpha value is -5.54. The molecule has 0 bridgehead atoms. The van der Waals surface area contributed by atoms with E-state index in [1.54, 1.807) is 0 Å². The second-order valence-corrected chi connectivity index (χ2v) is 11.7. The van der Waals surface area contributed by atoms with Gasteiger partial charge in [-0.25, -0.2) is 0 Å². The van der Waals surface area contributed by atoms with Crippen molar-refractivity contribution in [1.82, 2.24) is 4.98 Å². The van der Waals surface area contributed by atoms with Crippen LogP contribution in [0.2, 0.25) is 0 Å². The molecule has 0 spiro atoms. The fraction of sp³-hybridized carbons (Fsp3) is 0.0732. The van der Waals surface area contributed by atoms with Gasteiger partial charge in [0.15, 0.2) is 0 Å². The van der Waals surface area contributed by atoms with Gasteiger partial charge in [0.05, 0.1) is 17.2 Å². The molecule has 0 saturated heterocycles. The Morgan fingerprint density at radius 1 is 0.750 bits per heavy atom. The Kier molecular flexibility index (Phi) is 5.39. The lowest BCUT2D eigenvalue weighted by Gasteiger charge is -2.28. The van der Waals surface area contributed by atoms with Crippen LogP contribution in [0.4, 0.5) is 11.4 Å². The van der Waals surface area contributed by atoms with E-state index in [1.165, 1.54) is 32.8 Å². The summed E-state index contributed by atoms with van der Waals surface area (Å²) in [7, 11) is 0. The summed E-state index contributed by atoms with van der Waals surface area (Å²) in [5.74, 6) is 0.130. The second kappa shape index (κ2) is 9.48. The Labute approximate surface area is 255 Å². The molecule has 2 unspecified atom stereocenters. The van der Waals surface area contributed by atoms with Gasteiger partial charge in [-0.2, -0.15) is 0 Å². The summed E-state index contributed by atoms with van der Waals surface area (Å²) in [6.45, 7) is 6.53. The van der Waals surface area contributed by atoms with Crippen LogP contribution in [-0.4, -0.2) is 11.0 Å². The minimum atomic E-state index is 0.0147. The van der Waals surface area contributed by atoms with E-state index in [1.807, 2.05) is 6.07 Å². The lowest BCUT2D eigenvalue weighted by molar-refractivity contribution is 0.670. The number of anilines is 2. The first-order chi connectivity index (χ1) is 21.8. The van der Waals surface area contributed by atoms with Crippen molar-refractivity contribution in [2.45, 2.75) is 18.9 Å². The predicted octanol–water partition coefficient (Wildman–Crippen LogP) is 11.4. The van der Waals surface area contributed by atoms with Crippen LogP contribution in [0.15, 0.2) is 144 Å². The van der Waals surface area contributed by atoms with E-state index >= 15 is 0 Å². The Bertz CT molecular complexity index is 2440. The van der Waals surface area contributed by atoms with E-state index in [0.29, 0.717) is 0 Å². The summed E-state index contributed by atoms with van der Waals surface area (Å²) in [5.41, 5.74) is 10.0. The van der Waals surface area contributed by atoms with Crippen LogP contribution in [0.5, 0.6) is 0 Å². The topological polar surface area (TPSA) is 32.2 Å². The molecule has 1 N–H and O–H groups in total. The second-order valence-electron chi connectivity index (χ2n) is 11.7. The lowest BCUT2D eigenvalue weighted by atomic mass is 9.88. The van der Waals surface area contributed by atoms with Gasteiger partial charge >= 0.3 is 0 Å². The summed E-state index contributed by atoms with van der Waals surface area (Å²) in [6.07, 6.45) is 6.64. The van der Waals surface area contributed by atoms with E-state index in [-0.39, 0.29) is 12.0 Å². The van der Waals surface area contributed by atoms with Crippen LogP contribution >= 0.6 is 0 Å². The van der Waals surface area contributed by atoms with Crippen LogP contribution in [0.3, 0.4) is 0 Å². The summed E-state index contributed by atoms with van der Waals surface area (Å²) >= 11 is 0.